The molecule has 0 aromatic carbocycles. The summed E-state index contributed by atoms with van der Waals surface area (Å²) in [5, 5.41) is 18.8. The predicted molar refractivity (Wildman–Crippen MR) is 66.4 cm³/mol. The second-order valence-corrected chi connectivity index (χ2v) is 5.83. The van der Waals surface area contributed by atoms with Crippen LogP contribution < -0.4 is 0 Å². The van der Waals surface area contributed by atoms with Crippen molar-refractivity contribution in [2.75, 3.05) is 13.2 Å². The Labute approximate surface area is 119 Å². The number of hydrogen-bond acceptors (Lipinski definition) is 8. The third kappa shape index (κ3) is 3.37. The molecule has 0 saturated carbocycles. The lowest BCUT2D eigenvalue weighted by Crippen LogP contribution is -2.44. The van der Waals surface area contributed by atoms with Crippen molar-refractivity contribution in [1.82, 2.24) is 0 Å². The van der Waals surface area contributed by atoms with E-state index in [0.717, 1.165) is 0 Å². The Hall–Kier alpha value is -0.130. The summed E-state index contributed by atoms with van der Waals surface area (Å²) in [4.78, 5) is 0. The van der Waals surface area contributed by atoms with Crippen molar-refractivity contribution >= 4 is 11.4 Å². The molecular formula is C11H20O8S. The van der Waals surface area contributed by atoms with Crippen molar-refractivity contribution in [3.05, 3.63) is 0 Å². The van der Waals surface area contributed by atoms with Crippen LogP contribution in [0.2, 0.25) is 0 Å². The quantitative estimate of drug-likeness (QED) is 0.658. The number of aliphatic hydroxyl groups is 2. The molecule has 8 nitrogen and oxygen atoms in total. The molecule has 1 unspecified atom stereocenters. The van der Waals surface area contributed by atoms with Crippen molar-refractivity contribution in [3.63, 3.8) is 0 Å². The summed E-state index contributed by atoms with van der Waals surface area (Å²) in [6.07, 6.45) is -4.37. The lowest BCUT2D eigenvalue weighted by atomic mass is 10.1. The summed E-state index contributed by atoms with van der Waals surface area (Å²) in [5.41, 5.74) is 0. The fourth-order valence-corrected chi connectivity index (χ4v) is 2.89. The van der Waals surface area contributed by atoms with Crippen molar-refractivity contribution < 1.29 is 37.0 Å². The molecule has 0 bridgehead atoms. The van der Waals surface area contributed by atoms with Gasteiger partial charge in [-0.25, -0.2) is 0 Å². The van der Waals surface area contributed by atoms with Crippen LogP contribution in [0.3, 0.4) is 0 Å². The average molecular weight is 312 g/mol. The molecule has 0 radical (unpaired) electrons. The molecule has 9 heteroatoms. The summed E-state index contributed by atoms with van der Waals surface area (Å²) in [7, 11) is 0. The van der Waals surface area contributed by atoms with Crippen molar-refractivity contribution in [2.45, 2.75) is 57.3 Å². The molecule has 2 aliphatic heterocycles. The van der Waals surface area contributed by atoms with Gasteiger partial charge in [0.1, 0.15) is 24.4 Å². The first kappa shape index (κ1) is 16.2. The highest BCUT2D eigenvalue weighted by atomic mass is 32.2. The summed E-state index contributed by atoms with van der Waals surface area (Å²) in [5.74, 6) is -0.862. The van der Waals surface area contributed by atoms with Crippen LogP contribution >= 0.6 is 0 Å². The van der Waals surface area contributed by atoms with Gasteiger partial charge in [-0.2, -0.15) is 4.21 Å². The lowest BCUT2D eigenvalue weighted by Gasteiger charge is -2.26. The van der Waals surface area contributed by atoms with E-state index in [2.05, 4.69) is 0 Å². The normalized spacial score (nSPS) is 38.6. The van der Waals surface area contributed by atoms with E-state index in [1.54, 1.807) is 20.8 Å². The number of rotatable bonds is 6. The fraction of sp³-hybridized carbons (Fsp3) is 1.00. The Kier molecular flexibility index (Phi) is 5.14. The number of aliphatic hydroxyl groups excluding tert-OH is 2. The molecule has 2 rings (SSSR count). The van der Waals surface area contributed by atoms with Gasteiger partial charge in [-0.15, -0.1) is 0 Å². The van der Waals surface area contributed by atoms with E-state index in [1.807, 2.05) is 0 Å². The molecule has 20 heavy (non-hydrogen) atoms. The molecule has 6 atom stereocenters. The van der Waals surface area contributed by atoms with Crippen LogP contribution in [-0.2, 0) is 33.9 Å². The molecule has 0 spiro atoms. The van der Waals surface area contributed by atoms with Gasteiger partial charge in [0.05, 0.1) is 13.2 Å². The first-order valence-electron chi connectivity index (χ1n) is 6.40. The highest BCUT2D eigenvalue weighted by Crippen LogP contribution is 2.39. The second-order valence-electron chi connectivity index (χ2n) is 4.99. The van der Waals surface area contributed by atoms with E-state index < -0.39 is 54.5 Å². The van der Waals surface area contributed by atoms with Crippen molar-refractivity contribution in [2.24, 2.45) is 0 Å². The molecule has 2 fully saturated rings. The van der Waals surface area contributed by atoms with Gasteiger partial charge >= 0.3 is 11.4 Å². The summed E-state index contributed by atoms with van der Waals surface area (Å²) < 4.78 is 38.3. The standard InChI is InChI=1S/C11H20O8S/c1-4-15-20(14)19-8-7(6(13)5-12)16-10-9(8)17-11(2,3)18-10/h6-10,12-13H,4-5H2,1-3H3/t6-,7-,8+,9-,10-,20?/m1/s1. The Balaban J connectivity index is 2.10. The van der Waals surface area contributed by atoms with E-state index in [9.17, 15) is 9.32 Å². The zero-order valence-electron chi connectivity index (χ0n) is 11.6. The van der Waals surface area contributed by atoms with Gasteiger partial charge < -0.3 is 24.4 Å². The van der Waals surface area contributed by atoms with E-state index in [0.29, 0.717) is 0 Å². The molecule has 2 heterocycles. The SMILES string of the molecule is CCOS(=O)O[C@@H]1[C@H]2OC(C)(C)O[C@H]2O[C@@H]1[C@H](O)CO. The van der Waals surface area contributed by atoms with Crippen LogP contribution in [0.15, 0.2) is 0 Å². The minimum Gasteiger partial charge on any atom is -0.394 e. The van der Waals surface area contributed by atoms with Gasteiger partial charge in [0, 0.05) is 0 Å². The smallest absolute Gasteiger partial charge is 0.305 e. The van der Waals surface area contributed by atoms with E-state index in [1.165, 1.54) is 0 Å². The third-order valence-electron chi connectivity index (χ3n) is 3.00. The second kappa shape index (κ2) is 6.32. The molecule has 0 aromatic rings. The topological polar surface area (TPSA) is 104 Å². The molecule has 0 amide bonds. The van der Waals surface area contributed by atoms with Crippen molar-refractivity contribution in [3.8, 4) is 0 Å². The zero-order chi connectivity index (χ0) is 14.9. The Morgan fingerprint density at radius 1 is 1.40 bits per heavy atom. The van der Waals surface area contributed by atoms with Gasteiger partial charge in [-0.05, 0) is 20.8 Å². The summed E-state index contributed by atoms with van der Waals surface area (Å²) in [6, 6.07) is 0. The van der Waals surface area contributed by atoms with Crippen LogP contribution in [-0.4, -0.2) is 64.1 Å². The molecule has 0 aliphatic carbocycles. The summed E-state index contributed by atoms with van der Waals surface area (Å²) in [6.45, 7) is 4.79. The first-order valence-corrected chi connectivity index (χ1v) is 7.40. The van der Waals surface area contributed by atoms with Gasteiger partial charge in [-0.3, -0.25) is 8.37 Å². The van der Waals surface area contributed by atoms with Crippen LogP contribution in [0.25, 0.3) is 0 Å². The van der Waals surface area contributed by atoms with Gasteiger partial charge in [0.2, 0.25) is 0 Å². The monoisotopic (exact) mass is 312 g/mol. The maximum Gasteiger partial charge on any atom is 0.305 e. The average Bonchev–Trinajstić information content (AvgIpc) is 2.82. The number of hydrogen-bond donors (Lipinski definition) is 2. The first-order chi connectivity index (χ1) is 9.38. The Bertz CT molecular complexity index is 362. The number of ether oxygens (including phenoxy) is 3. The minimum atomic E-state index is -1.99. The molecule has 0 aromatic heterocycles. The minimum absolute atomic E-state index is 0.213. The maximum atomic E-state index is 11.6. The summed E-state index contributed by atoms with van der Waals surface area (Å²) >= 11 is -1.99. The van der Waals surface area contributed by atoms with Gasteiger partial charge in [0.15, 0.2) is 12.1 Å². The molecule has 2 saturated heterocycles. The Morgan fingerprint density at radius 3 is 2.70 bits per heavy atom. The van der Waals surface area contributed by atoms with Crippen molar-refractivity contribution in [1.29, 1.82) is 0 Å². The lowest BCUT2D eigenvalue weighted by molar-refractivity contribution is -0.225. The molecule has 118 valence electrons. The molecular weight excluding hydrogens is 292 g/mol. The fourth-order valence-electron chi connectivity index (χ4n) is 2.24. The number of fused-ring (bicyclic) bond motifs is 1. The largest absolute Gasteiger partial charge is 0.394 e. The third-order valence-corrected chi connectivity index (χ3v) is 3.80. The van der Waals surface area contributed by atoms with Crippen LogP contribution in [0.5, 0.6) is 0 Å². The molecule has 2 N–H and O–H groups in total. The van der Waals surface area contributed by atoms with E-state index in [4.69, 9.17) is 27.7 Å². The van der Waals surface area contributed by atoms with Crippen LogP contribution in [0.4, 0.5) is 0 Å². The van der Waals surface area contributed by atoms with Gasteiger partial charge in [-0.1, -0.05) is 0 Å². The van der Waals surface area contributed by atoms with Crippen LogP contribution in [0.1, 0.15) is 20.8 Å². The highest BCUT2D eigenvalue weighted by molar-refractivity contribution is 7.75. The maximum absolute atomic E-state index is 11.6. The highest BCUT2D eigenvalue weighted by Gasteiger charge is 2.57. The van der Waals surface area contributed by atoms with Crippen LogP contribution in [0, 0.1) is 0 Å². The van der Waals surface area contributed by atoms with Gasteiger partial charge in [0.25, 0.3) is 0 Å². The Morgan fingerprint density at radius 2 is 2.10 bits per heavy atom. The van der Waals surface area contributed by atoms with E-state index in [-0.39, 0.29) is 6.61 Å². The predicted octanol–water partition coefficient (Wildman–Crippen LogP) is -0.784. The molecule has 2 aliphatic rings. The van der Waals surface area contributed by atoms with E-state index >= 15 is 0 Å². The zero-order valence-corrected chi connectivity index (χ0v) is 12.4.